The van der Waals surface area contributed by atoms with E-state index >= 15 is 0 Å². The molecule has 4 rings (SSSR count). The minimum atomic E-state index is 0.408. The van der Waals surface area contributed by atoms with Gasteiger partial charge in [0.15, 0.2) is 0 Å². The van der Waals surface area contributed by atoms with E-state index in [0.29, 0.717) is 17.9 Å². The summed E-state index contributed by atoms with van der Waals surface area (Å²) in [5, 5.41) is 0. The van der Waals surface area contributed by atoms with Crippen molar-refractivity contribution in [3.8, 4) is 0 Å². The maximum absolute atomic E-state index is 12.8. The molecule has 2 heterocycles. The highest BCUT2D eigenvalue weighted by Crippen LogP contribution is 2.49. The molecule has 1 aromatic heterocycles. The normalized spacial score (nSPS) is 33.3. The van der Waals surface area contributed by atoms with Gasteiger partial charge in [-0.25, -0.2) is 4.98 Å². The molecule has 2 aliphatic carbocycles. The van der Waals surface area contributed by atoms with Crippen molar-refractivity contribution in [2.24, 2.45) is 17.8 Å². The average Bonchev–Trinajstić information content (AvgIpc) is 3.31. The van der Waals surface area contributed by atoms with E-state index in [0.717, 1.165) is 50.0 Å². The smallest absolute Gasteiger partial charge is 0.222 e. The lowest BCUT2D eigenvalue weighted by atomic mass is 9.86. The van der Waals surface area contributed by atoms with Gasteiger partial charge in [-0.3, -0.25) is 4.79 Å². The van der Waals surface area contributed by atoms with E-state index in [4.69, 9.17) is 0 Å². The molecular formula is C19H29N3O. The third-order valence-corrected chi connectivity index (χ3v) is 6.53. The summed E-state index contributed by atoms with van der Waals surface area (Å²) in [6, 6.07) is 0.421. The molecule has 4 heteroatoms. The van der Waals surface area contributed by atoms with Gasteiger partial charge in [-0.2, -0.15) is 0 Å². The van der Waals surface area contributed by atoms with E-state index in [1.807, 2.05) is 6.20 Å². The Morgan fingerprint density at radius 3 is 2.96 bits per heavy atom. The Morgan fingerprint density at radius 2 is 2.22 bits per heavy atom. The number of hydrogen-bond donors (Lipinski definition) is 0. The highest BCUT2D eigenvalue weighted by molar-refractivity contribution is 5.76. The van der Waals surface area contributed by atoms with Crippen molar-refractivity contribution >= 4 is 5.91 Å². The Kier molecular flexibility index (Phi) is 4.16. The first kappa shape index (κ1) is 15.2. The third kappa shape index (κ3) is 2.92. The Labute approximate surface area is 139 Å². The molecule has 4 atom stereocenters. The van der Waals surface area contributed by atoms with Gasteiger partial charge in [0.05, 0.1) is 6.04 Å². The summed E-state index contributed by atoms with van der Waals surface area (Å²) in [4.78, 5) is 19.4. The number of likely N-dealkylation sites (tertiary alicyclic amines) is 1. The second-order valence-electron chi connectivity index (χ2n) is 7.88. The molecule has 4 nitrogen and oxygen atoms in total. The number of piperidine rings is 1. The quantitative estimate of drug-likeness (QED) is 0.853. The van der Waals surface area contributed by atoms with Gasteiger partial charge in [0.1, 0.15) is 5.82 Å². The summed E-state index contributed by atoms with van der Waals surface area (Å²) in [5.41, 5.74) is 0. The van der Waals surface area contributed by atoms with Gasteiger partial charge in [-0.05, 0) is 49.9 Å². The SMILES string of the molecule is CCc1nccn1[C@H]1CCCN(C(=O)C[C@@H]2C[C@H]3CC[C@H]2C3)C1. The fourth-order valence-electron chi connectivity index (χ4n) is 5.34. The van der Waals surface area contributed by atoms with Crippen molar-refractivity contribution in [1.82, 2.24) is 14.5 Å². The van der Waals surface area contributed by atoms with E-state index in [9.17, 15) is 4.79 Å². The maximum atomic E-state index is 12.8. The summed E-state index contributed by atoms with van der Waals surface area (Å²) in [6.07, 6.45) is 13.5. The molecule has 0 aromatic carbocycles. The van der Waals surface area contributed by atoms with Crippen LogP contribution < -0.4 is 0 Å². The molecule has 126 valence electrons. The molecule has 3 aliphatic rings. The number of hydrogen-bond acceptors (Lipinski definition) is 2. The summed E-state index contributed by atoms with van der Waals surface area (Å²) in [7, 11) is 0. The van der Waals surface area contributed by atoms with Crippen LogP contribution in [0.1, 0.15) is 63.7 Å². The molecule has 0 radical (unpaired) electrons. The zero-order chi connectivity index (χ0) is 15.8. The molecule has 3 fully saturated rings. The summed E-state index contributed by atoms with van der Waals surface area (Å²) < 4.78 is 2.30. The van der Waals surface area contributed by atoms with Crippen LogP contribution in [0.5, 0.6) is 0 Å². The number of carbonyl (C=O) groups is 1. The first-order valence-corrected chi connectivity index (χ1v) is 9.54. The van der Waals surface area contributed by atoms with Gasteiger partial charge in [-0.15, -0.1) is 0 Å². The van der Waals surface area contributed by atoms with Crippen LogP contribution in [0.4, 0.5) is 0 Å². The van der Waals surface area contributed by atoms with Crippen LogP contribution in [0.15, 0.2) is 12.4 Å². The number of imidazole rings is 1. The number of aryl methyl sites for hydroxylation is 1. The molecular weight excluding hydrogens is 286 g/mol. The first-order chi connectivity index (χ1) is 11.2. The van der Waals surface area contributed by atoms with Crippen molar-refractivity contribution in [2.45, 2.75) is 64.3 Å². The average molecular weight is 315 g/mol. The number of nitrogens with zero attached hydrogens (tertiary/aromatic N) is 3. The second kappa shape index (κ2) is 6.29. The Bertz CT molecular complexity index is 567. The van der Waals surface area contributed by atoms with E-state index in [1.54, 1.807) is 0 Å². The summed E-state index contributed by atoms with van der Waals surface area (Å²) >= 11 is 0. The zero-order valence-corrected chi connectivity index (χ0v) is 14.3. The maximum Gasteiger partial charge on any atom is 0.222 e. The molecule has 23 heavy (non-hydrogen) atoms. The topological polar surface area (TPSA) is 38.1 Å². The van der Waals surface area contributed by atoms with Crippen LogP contribution in [0.25, 0.3) is 0 Å². The van der Waals surface area contributed by atoms with Gasteiger partial charge in [0.2, 0.25) is 5.91 Å². The highest BCUT2D eigenvalue weighted by Gasteiger charge is 2.41. The number of rotatable bonds is 4. The molecule has 2 bridgehead atoms. The standard InChI is InChI=1S/C19H29N3O/c1-2-18-20-7-9-22(18)17-4-3-8-21(13-17)19(23)12-16-11-14-5-6-15(16)10-14/h7,9,14-17H,2-6,8,10-13H2,1H3/t14-,15-,16-,17-/m0/s1. The van der Waals surface area contributed by atoms with Crippen LogP contribution in [0, 0.1) is 17.8 Å². The minimum Gasteiger partial charge on any atom is -0.341 e. The number of carbonyl (C=O) groups excluding carboxylic acids is 1. The molecule has 0 unspecified atom stereocenters. The van der Waals surface area contributed by atoms with Crippen molar-refractivity contribution in [3.05, 3.63) is 18.2 Å². The Morgan fingerprint density at radius 1 is 1.30 bits per heavy atom. The van der Waals surface area contributed by atoms with Crippen LogP contribution in [0.3, 0.4) is 0 Å². The number of aromatic nitrogens is 2. The monoisotopic (exact) mass is 315 g/mol. The van der Waals surface area contributed by atoms with Crippen molar-refractivity contribution in [2.75, 3.05) is 13.1 Å². The molecule has 1 aliphatic heterocycles. The number of amides is 1. The van der Waals surface area contributed by atoms with E-state index in [2.05, 4.69) is 27.6 Å². The van der Waals surface area contributed by atoms with E-state index in [1.165, 1.54) is 32.1 Å². The van der Waals surface area contributed by atoms with Gasteiger partial charge >= 0.3 is 0 Å². The predicted molar refractivity (Wildman–Crippen MR) is 90.0 cm³/mol. The molecule has 1 amide bonds. The van der Waals surface area contributed by atoms with Crippen molar-refractivity contribution in [3.63, 3.8) is 0 Å². The van der Waals surface area contributed by atoms with Crippen LogP contribution in [-0.2, 0) is 11.2 Å². The van der Waals surface area contributed by atoms with Crippen molar-refractivity contribution in [1.29, 1.82) is 0 Å². The summed E-state index contributed by atoms with van der Waals surface area (Å²) in [5.74, 6) is 4.03. The summed E-state index contributed by atoms with van der Waals surface area (Å²) in [6.45, 7) is 3.98. The lowest BCUT2D eigenvalue weighted by Gasteiger charge is -2.35. The Hall–Kier alpha value is -1.32. The second-order valence-corrected chi connectivity index (χ2v) is 7.88. The molecule has 1 saturated heterocycles. The molecule has 0 N–H and O–H groups in total. The van der Waals surface area contributed by atoms with Gasteiger partial charge in [0, 0.05) is 38.3 Å². The Balaban J connectivity index is 1.38. The van der Waals surface area contributed by atoms with Crippen LogP contribution in [-0.4, -0.2) is 33.4 Å². The van der Waals surface area contributed by atoms with Gasteiger partial charge in [-0.1, -0.05) is 13.3 Å². The molecule has 0 spiro atoms. The predicted octanol–water partition coefficient (Wildman–Crippen LogP) is 3.44. The van der Waals surface area contributed by atoms with E-state index in [-0.39, 0.29) is 0 Å². The van der Waals surface area contributed by atoms with Crippen LogP contribution in [0.2, 0.25) is 0 Å². The third-order valence-electron chi connectivity index (χ3n) is 6.53. The fourth-order valence-corrected chi connectivity index (χ4v) is 5.34. The molecule has 2 saturated carbocycles. The molecule has 1 aromatic rings. The minimum absolute atomic E-state index is 0.408. The van der Waals surface area contributed by atoms with Crippen LogP contribution >= 0.6 is 0 Å². The van der Waals surface area contributed by atoms with Gasteiger partial charge < -0.3 is 9.47 Å². The van der Waals surface area contributed by atoms with Crippen molar-refractivity contribution < 1.29 is 4.79 Å². The van der Waals surface area contributed by atoms with Gasteiger partial charge in [0.25, 0.3) is 0 Å². The largest absolute Gasteiger partial charge is 0.341 e. The first-order valence-electron chi connectivity index (χ1n) is 9.54. The fraction of sp³-hybridized carbons (Fsp3) is 0.789. The lowest BCUT2D eigenvalue weighted by Crippen LogP contribution is -2.41. The number of fused-ring (bicyclic) bond motifs is 2. The zero-order valence-electron chi connectivity index (χ0n) is 14.3. The van der Waals surface area contributed by atoms with E-state index < -0.39 is 0 Å². The lowest BCUT2D eigenvalue weighted by molar-refractivity contribution is -0.134. The highest BCUT2D eigenvalue weighted by atomic mass is 16.2.